The van der Waals surface area contributed by atoms with E-state index in [-0.39, 0.29) is 11.6 Å². The summed E-state index contributed by atoms with van der Waals surface area (Å²) >= 11 is 0. The summed E-state index contributed by atoms with van der Waals surface area (Å²) < 4.78 is 0. The molecule has 3 nitrogen and oxygen atoms in total. The minimum Gasteiger partial charge on any atom is -0.302 e. The average molecular weight is 221 g/mol. The smallest absolute Gasteiger partial charge is 0.0640 e. The van der Waals surface area contributed by atoms with Crippen molar-refractivity contribution in [3.8, 4) is 0 Å². The number of hydrogen-bond donors (Lipinski definition) is 2. The minimum absolute atomic E-state index is 0.0408. The van der Waals surface area contributed by atoms with Gasteiger partial charge in [0.15, 0.2) is 0 Å². The number of hydrazine groups is 1. The summed E-state index contributed by atoms with van der Waals surface area (Å²) in [5.41, 5.74) is 5.42. The van der Waals surface area contributed by atoms with E-state index in [1.807, 2.05) is 0 Å². The van der Waals surface area contributed by atoms with Crippen molar-refractivity contribution in [1.82, 2.24) is 10.3 Å². The molecule has 0 aliphatic rings. The Labute approximate surface area is 98.6 Å². The summed E-state index contributed by atoms with van der Waals surface area (Å²) in [6, 6.07) is 8.47. The van der Waals surface area contributed by atoms with E-state index in [4.69, 9.17) is 5.84 Å². The van der Waals surface area contributed by atoms with Crippen molar-refractivity contribution in [3.63, 3.8) is 0 Å². The molecule has 0 aliphatic heterocycles. The summed E-state index contributed by atoms with van der Waals surface area (Å²) in [6.45, 7) is 6.49. The molecule has 3 heteroatoms. The molecular formula is C13H23N3. The van der Waals surface area contributed by atoms with Crippen molar-refractivity contribution in [2.45, 2.75) is 32.4 Å². The molecule has 1 rings (SSSR count). The number of rotatable bonds is 4. The summed E-state index contributed by atoms with van der Waals surface area (Å²) in [7, 11) is 4.14. The van der Waals surface area contributed by atoms with Gasteiger partial charge in [0.1, 0.15) is 0 Å². The maximum Gasteiger partial charge on any atom is 0.0640 e. The zero-order valence-electron chi connectivity index (χ0n) is 10.9. The highest BCUT2D eigenvalue weighted by molar-refractivity contribution is 5.31. The number of nitrogens with two attached hydrogens (primary N) is 1. The molecule has 1 aromatic rings. The lowest BCUT2D eigenvalue weighted by Gasteiger charge is -2.40. The maximum absolute atomic E-state index is 5.72. The lowest BCUT2D eigenvalue weighted by atomic mass is 9.86. The fourth-order valence-electron chi connectivity index (χ4n) is 1.84. The van der Waals surface area contributed by atoms with E-state index in [2.05, 4.69) is 69.5 Å². The predicted molar refractivity (Wildman–Crippen MR) is 69.0 cm³/mol. The maximum atomic E-state index is 5.72. The number of hydrogen-bond acceptors (Lipinski definition) is 3. The fourth-order valence-corrected chi connectivity index (χ4v) is 1.84. The van der Waals surface area contributed by atoms with Gasteiger partial charge in [-0.2, -0.15) is 0 Å². The van der Waals surface area contributed by atoms with Crippen molar-refractivity contribution in [2.75, 3.05) is 14.1 Å². The van der Waals surface area contributed by atoms with Gasteiger partial charge in [0.25, 0.3) is 0 Å². The van der Waals surface area contributed by atoms with Crippen LogP contribution in [0.4, 0.5) is 0 Å². The van der Waals surface area contributed by atoms with Crippen molar-refractivity contribution in [2.24, 2.45) is 5.84 Å². The van der Waals surface area contributed by atoms with E-state index in [1.165, 1.54) is 11.1 Å². The van der Waals surface area contributed by atoms with Crippen LogP contribution in [0.25, 0.3) is 0 Å². The topological polar surface area (TPSA) is 41.3 Å². The van der Waals surface area contributed by atoms with Crippen LogP contribution in [0.15, 0.2) is 24.3 Å². The first-order valence-corrected chi connectivity index (χ1v) is 5.60. The van der Waals surface area contributed by atoms with Gasteiger partial charge in [0, 0.05) is 5.54 Å². The standard InChI is InChI=1S/C13H23N3/c1-10-8-6-7-9-11(10)12(15-14)13(2,3)16(4)5/h6-9,12,15H,14H2,1-5H3. The average Bonchev–Trinajstić information content (AvgIpc) is 2.21. The van der Waals surface area contributed by atoms with Crippen LogP contribution in [0.3, 0.4) is 0 Å². The third-order valence-corrected chi connectivity index (χ3v) is 3.53. The molecule has 0 aromatic heterocycles. The number of likely N-dealkylation sites (N-methyl/N-ethyl adjacent to an activating group) is 1. The Morgan fingerprint density at radius 2 is 1.81 bits per heavy atom. The molecule has 0 fully saturated rings. The summed E-state index contributed by atoms with van der Waals surface area (Å²) in [5.74, 6) is 5.72. The van der Waals surface area contributed by atoms with Gasteiger partial charge in [-0.15, -0.1) is 0 Å². The predicted octanol–water partition coefficient (Wildman–Crippen LogP) is 1.84. The second-order valence-corrected chi connectivity index (χ2v) is 5.00. The Morgan fingerprint density at radius 3 is 2.25 bits per heavy atom. The van der Waals surface area contributed by atoms with Crippen LogP contribution in [0.2, 0.25) is 0 Å². The molecule has 1 atom stereocenters. The first-order chi connectivity index (χ1) is 7.41. The highest BCUT2D eigenvalue weighted by Gasteiger charge is 2.32. The lowest BCUT2D eigenvalue weighted by Crippen LogP contribution is -2.51. The molecule has 0 aliphatic carbocycles. The minimum atomic E-state index is -0.0408. The Bertz CT molecular complexity index is 345. The SMILES string of the molecule is Cc1ccccc1C(NN)C(C)(C)N(C)C. The molecule has 0 spiro atoms. The van der Waals surface area contributed by atoms with Crippen LogP contribution < -0.4 is 11.3 Å². The van der Waals surface area contributed by atoms with Crippen LogP contribution in [0.5, 0.6) is 0 Å². The van der Waals surface area contributed by atoms with Crippen LogP contribution in [0.1, 0.15) is 31.0 Å². The Morgan fingerprint density at radius 1 is 1.25 bits per heavy atom. The highest BCUT2D eigenvalue weighted by atomic mass is 15.3. The molecule has 0 heterocycles. The van der Waals surface area contributed by atoms with E-state index in [1.54, 1.807) is 0 Å². The van der Waals surface area contributed by atoms with Crippen molar-refractivity contribution in [3.05, 3.63) is 35.4 Å². The molecule has 0 bridgehead atoms. The lowest BCUT2D eigenvalue weighted by molar-refractivity contribution is 0.138. The molecule has 16 heavy (non-hydrogen) atoms. The van der Waals surface area contributed by atoms with Crippen molar-refractivity contribution in [1.29, 1.82) is 0 Å². The van der Waals surface area contributed by atoms with Gasteiger partial charge in [-0.05, 0) is 46.0 Å². The van der Waals surface area contributed by atoms with Gasteiger partial charge in [0.2, 0.25) is 0 Å². The number of benzene rings is 1. The number of nitrogens with zero attached hydrogens (tertiary/aromatic N) is 1. The quantitative estimate of drug-likeness (QED) is 0.602. The van der Waals surface area contributed by atoms with Crippen molar-refractivity contribution < 1.29 is 0 Å². The Balaban J connectivity index is 3.13. The largest absolute Gasteiger partial charge is 0.302 e. The van der Waals surface area contributed by atoms with Crippen LogP contribution in [0, 0.1) is 6.92 Å². The van der Waals surface area contributed by atoms with Gasteiger partial charge in [0.05, 0.1) is 6.04 Å². The van der Waals surface area contributed by atoms with Crippen LogP contribution in [-0.4, -0.2) is 24.5 Å². The molecule has 1 unspecified atom stereocenters. The Kier molecular flexibility index (Phi) is 4.08. The van der Waals surface area contributed by atoms with Crippen LogP contribution >= 0.6 is 0 Å². The molecule has 0 radical (unpaired) electrons. The molecule has 3 N–H and O–H groups in total. The van der Waals surface area contributed by atoms with Crippen LogP contribution in [-0.2, 0) is 0 Å². The Hall–Kier alpha value is -0.900. The summed E-state index contributed by atoms with van der Waals surface area (Å²) in [4.78, 5) is 2.18. The molecule has 0 saturated heterocycles. The molecule has 0 amide bonds. The van der Waals surface area contributed by atoms with Gasteiger partial charge < -0.3 is 4.90 Å². The van der Waals surface area contributed by atoms with Gasteiger partial charge in [-0.25, -0.2) is 0 Å². The highest BCUT2D eigenvalue weighted by Crippen LogP contribution is 2.30. The van der Waals surface area contributed by atoms with Gasteiger partial charge in [-0.1, -0.05) is 24.3 Å². The normalized spacial score (nSPS) is 14.2. The first kappa shape index (κ1) is 13.2. The first-order valence-electron chi connectivity index (χ1n) is 5.60. The monoisotopic (exact) mass is 221 g/mol. The molecular weight excluding hydrogens is 198 g/mol. The third-order valence-electron chi connectivity index (χ3n) is 3.53. The van der Waals surface area contributed by atoms with E-state index in [0.717, 1.165) is 0 Å². The number of nitrogens with one attached hydrogen (secondary N) is 1. The van der Waals surface area contributed by atoms with Crippen molar-refractivity contribution >= 4 is 0 Å². The van der Waals surface area contributed by atoms with E-state index >= 15 is 0 Å². The molecule has 1 aromatic carbocycles. The molecule has 90 valence electrons. The zero-order valence-corrected chi connectivity index (χ0v) is 10.9. The zero-order chi connectivity index (χ0) is 12.3. The van der Waals surface area contributed by atoms with Gasteiger partial charge in [-0.3, -0.25) is 11.3 Å². The second kappa shape index (κ2) is 4.95. The van der Waals surface area contributed by atoms with Gasteiger partial charge >= 0.3 is 0 Å². The molecule has 0 saturated carbocycles. The van der Waals surface area contributed by atoms with E-state index in [9.17, 15) is 0 Å². The summed E-state index contributed by atoms with van der Waals surface area (Å²) in [5, 5.41) is 0. The summed E-state index contributed by atoms with van der Waals surface area (Å²) in [6.07, 6.45) is 0. The van der Waals surface area contributed by atoms with E-state index in [0.29, 0.717) is 0 Å². The number of aryl methyl sites for hydroxylation is 1. The second-order valence-electron chi connectivity index (χ2n) is 5.00. The third kappa shape index (κ3) is 2.43. The fraction of sp³-hybridized carbons (Fsp3) is 0.538. The van der Waals surface area contributed by atoms with E-state index < -0.39 is 0 Å².